The summed E-state index contributed by atoms with van der Waals surface area (Å²) in [5, 5.41) is 9.16. The average Bonchev–Trinajstić information content (AvgIpc) is 3.23. The fraction of sp³-hybridized carbons (Fsp3) is 0.0435. The van der Waals surface area contributed by atoms with Crippen LogP contribution in [0.15, 0.2) is 88.4 Å². The molecule has 2 heterocycles. The lowest BCUT2D eigenvalue weighted by Crippen LogP contribution is -2.18. The van der Waals surface area contributed by atoms with Gasteiger partial charge in [-0.3, -0.25) is 14.6 Å². The smallest absolute Gasteiger partial charge is 0.264 e. The van der Waals surface area contributed by atoms with E-state index in [4.69, 9.17) is 4.52 Å². The zero-order valence-electron chi connectivity index (χ0n) is 17.8. The standard InChI is InChI=1S/C23H19N5O5S/c1-15(29)25-17-10-12-18(13-11-17)34(31,32)28-23-20(22(30)26-16-7-3-2-4-8-16)21(27-33-23)19-9-5-6-14-24-19/h2-14,28H,1H3,(H,25,29)(H,26,30). The summed E-state index contributed by atoms with van der Waals surface area (Å²) in [5.74, 6) is -1.28. The van der Waals surface area contributed by atoms with Crippen molar-refractivity contribution in [1.29, 1.82) is 0 Å². The van der Waals surface area contributed by atoms with E-state index in [1.165, 1.54) is 37.4 Å². The quantitative estimate of drug-likeness (QED) is 0.368. The summed E-state index contributed by atoms with van der Waals surface area (Å²) < 4.78 is 33.5. The van der Waals surface area contributed by atoms with Gasteiger partial charge >= 0.3 is 0 Å². The molecule has 2 amide bonds. The fourth-order valence-corrected chi connectivity index (χ4v) is 4.06. The molecule has 4 aromatic rings. The molecule has 0 bridgehead atoms. The Kier molecular flexibility index (Phi) is 6.37. The van der Waals surface area contributed by atoms with E-state index in [1.54, 1.807) is 48.5 Å². The molecule has 0 aliphatic rings. The molecule has 0 fully saturated rings. The number of nitrogens with zero attached hydrogens (tertiary/aromatic N) is 2. The predicted molar refractivity (Wildman–Crippen MR) is 126 cm³/mol. The van der Waals surface area contributed by atoms with Gasteiger partial charge in [0, 0.05) is 24.5 Å². The van der Waals surface area contributed by atoms with Crippen molar-refractivity contribution in [1.82, 2.24) is 10.1 Å². The zero-order valence-corrected chi connectivity index (χ0v) is 18.7. The molecule has 0 saturated heterocycles. The molecular formula is C23H19N5O5S. The molecule has 0 aliphatic heterocycles. The molecule has 2 aromatic heterocycles. The van der Waals surface area contributed by atoms with Crippen molar-refractivity contribution in [3.05, 3.63) is 84.6 Å². The first-order valence-corrected chi connectivity index (χ1v) is 11.5. The van der Waals surface area contributed by atoms with Crippen molar-refractivity contribution in [2.24, 2.45) is 0 Å². The summed E-state index contributed by atoms with van der Waals surface area (Å²) in [6, 6.07) is 19.2. The Morgan fingerprint density at radius 3 is 2.18 bits per heavy atom. The van der Waals surface area contributed by atoms with Crippen molar-refractivity contribution < 1.29 is 22.5 Å². The molecule has 0 unspecified atom stereocenters. The molecule has 11 heteroatoms. The molecule has 34 heavy (non-hydrogen) atoms. The van der Waals surface area contributed by atoms with E-state index >= 15 is 0 Å². The summed E-state index contributed by atoms with van der Waals surface area (Å²) in [4.78, 5) is 28.4. The van der Waals surface area contributed by atoms with Crippen molar-refractivity contribution in [3.8, 4) is 11.4 Å². The Morgan fingerprint density at radius 2 is 1.53 bits per heavy atom. The number of hydrogen-bond donors (Lipinski definition) is 3. The van der Waals surface area contributed by atoms with Crippen LogP contribution in [0.3, 0.4) is 0 Å². The minimum atomic E-state index is -4.15. The van der Waals surface area contributed by atoms with E-state index < -0.39 is 15.9 Å². The van der Waals surface area contributed by atoms with Crippen LogP contribution in [-0.2, 0) is 14.8 Å². The van der Waals surface area contributed by atoms with Crippen LogP contribution in [0.5, 0.6) is 0 Å². The van der Waals surface area contributed by atoms with Crippen molar-refractivity contribution in [2.45, 2.75) is 11.8 Å². The first kappa shape index (κ1) is 22.7. The van der Waals surface area contributed by atoms with Crippen molar-refractivity contribution >= 4 is 39.1 Å². The molecule has 0 saturated carbocycles. The van der Waals surface area contributed by atoms with Crippen LogP contribution in [0.2, 0.25) is 0 Å². The summed E-state index contributed by atoms with van der Waals surface area (Å²) in [6.45, 7) is 1.34. The van der Waals surface area contributed by atoms with Gasteiger partial charge in [0.2, 0.25) is 5.91 Å². The first-order valence-electron chi connectivity index (χ1n) is 10.0. The second-order valence-electron chi connectivity index (χ2n) is 7.08. The third-order valence-corrected chi connectivity index (χ3v) is 5.92. The largest absolute Gasteiger partial charge is 0.336 e. The van der Waals surface area contributed by atoms with Gasteiger partial charge in [-0.15, -0.1) is 0 Å². The number of sulfonamides is 1. The topological polar surface area (TPSA) is 143 Å². The monoisotopic (exact) mass is 477 g/mol. The van der Waals surface area contributed by atoms with Gasteiger partial charge in [0.1, 0.15) is 11.3 Å². The summed E-state index contributed by atoms with van der Waals surface area (Å²) in [5.41, 5.74) is 1.22. The second-order valence-corrected chi connectivity index (χ2v) is 8.76. The molecule has 2 aromatic carbocycles. The van der Waals surface area contributed by atoms with Crippen LogP contribution in [0, 0.1) is 0 Å². The third-order valence-electron chi connectivity index (χ3n) is 4.57. The van der Waals surface area contributed by atoms with Crippen molar-refractivity contribution in [2.75, 3.05) is 15.4 Å². The summed E-state index contributed by atoms with van der Waals surface area (Å²) in [7, 11) is -4.15. The van der Waals surface area contributed by atoms with Gasteiger partial charge in [-0.25, -0.2) is 13.1 Å². The van der Waals surface area contributed by atoms with Crippen LogP contribution in [0.4, 0.5) is 17.3 Å². The zero-order chi connectivity index (χ0) is 24.1. The predicted octanol–water partition coefficient (Wildman–Crippen LogP) is 3.75. The maximum Gasteiger partial charge on any atom is 0.264 e. The van der Waals surface area contributed by atoms with Crippen LogP contribution in [0.25, 0.3) is 11.4 Å². The van der Waals surface area contributed by atoms with Gasteiger partial charge in [0.15, 0.2) is 0 Å². The van der Waals surface area contributed by atoms with E-state index in [0.29, 0.717) is 17.1 Å². The van der Waals surface area contributed by atoms with Crippen LogP contribution in [-0.4, -0.2) is 30.4 Å². The molecule has 10 nitrogen and oxygen atoms in total. The Labute approximate surface area is 195 Å². The Bertz CT molecular complexity index is 1420. The number of benzene rings is 2. The van der Waals surface area contributed by atoms with Crippen molar-refractivity contribution in [3.63, 3.8) is 0 Å². The molecule has 0 aliphatic carbocycles. The molecule has 0 atom stereocenters. The van der Waals surface area contributed by atoms with Gasteiger partial charge in [0.25, 0.3) is 21.8 Å². The minimum Gasteiger partial charge on any atom is -0.336 e. The van der Waals surface area contributed by atoms with Gasteiger partial charge in [0.05, 0.1) is 10.6 Å². The molecule has 0 spiro atoms. The molecule has 0 radical (unpaired) electrons. The third kappa shape index (κ3) is 5.10. The number of carbonyl (C=O) groups excluding carboxylic acids is 2. The van der Waals surface area contributed by atoms with Gasteiger partial charge < -0.3 is 15.2 Å². The Hall–Kier alpha value is -4.51. The highest BCUT2D eigenvalue weighted by Crippen LogP contribution is 2.30. The lowest BCUT2D eigenvalue weighted by atomic mass is 10.1. The highest BCUT2D eigenvalue weighted by molar-refractivity contribution is 7.92. The lowest BCUT2D eigenvalue weighted by molar-refractivity contribution is -0.114. The number of para-hydroxylation sites is 1. The Balaban J connectivity index is 1.69. The number of aromatic nitrogens is 2. The minimum absolute atomic E-state index is 0.0766. The average molecular weight is 478 g/mol. The van der Waals surface area contributed by atoms with Gasteiger partial charge in [-0.05, 0) is 48.5 Å². The van der Waals surface area contributed by atoms with Crippen LogP contribution < -0.4 is 15.4 Å². The highest BCUT2D eigenvalue weighted by atomic mass is 32.2. The second kappa shape index (κ2) is 9.55. The summed E-state index contributed by atoms with van der Waals surface area (Å²) in [6.07, 6.45) is 1.52. The molecular weight excluding hydrogens is 458 g/mol. The normalized spacial score (nSPS) is 11.0. The molecule has 3 N–H and O–H groups in total. The van der Waals surface area contributed by atoms with E-state index in [0.717, 1.165) is 0 Å². The number of carbonyl (C=O) groups is 2. The number of rotatable bonds is 7. The number of anilines is 3. The maximum absolute atomic E-state index is 13.1. The van der Waals surface area contributed by atoms with Gasteiger partial charge in [-0.1, -0.05) is 29.4 Å². The maximum atomic E-state index is 13.1. The van der Waals surface area contributed by atoms with Gasteiger partial charge in [-0.2, -0.15) is 0 Å². The van der Waals surface area contributed by atoms with E-state index in [-0.39, 0.29) is 27.9 Å². The molecule has 172 valence electrons. The van der Waals surface area contributed by atoms with E-state index in [2.05, 4.69) is 25.5 Å². The van der Waals surface area contributed by atoms with E-state index in [1.807, 2.05) is 0 Å². The number of nitrogens with one attached hydrogen (secondary N) is 3. The summed E-state index contributed by atoms with van der Waals surface area (Å²) >= 11 is 0. The SMILES string of the molecule is CC(=O)Nc1ccc(S(=O)(=O)Nc2onc(-c3ccccn3)c2C(=O)Nc2ccccc2)cc1. The lowest BCUT2D eigenvalue weighted by Gasteiger charge is -2.09. The van der Waals surface area contributed by atoms with Crippen LogP contribution in [0.1, 0.15) is 17.3 Å². The number of amides is 2. The number of hydrogen-bond acceptors (Lipinski definition) is 7. The Morgan fingerprint density at radius 1 is 0.853 bits per heavy atom. The first-order chi connectivity index (χ1) is 16.3. The van der Waals surface area contributed by atoms with Crippen LogP contribution >= 0.6 is 0 Å². The number of pyridine rings is 1. The molecule has 4 rings (SSSR count). The highest BCUT2D eigenvalue weighted by Gasteiger charge is 2.28. The fourth-order valence-electron chi connectivity index (χ4n) is 3.06. The van der Waals surface area contributed by atoms with E-state index in [9.17, 15) is 18.0 Å².